The van der Waals surface area contributed by atoms with Gasteiger partial charge in [-0.3, -0.25) is 0 Å². The van der Waals surface area contributed by atoms with E-state index in [0.29, 0.717) is 6.61 Å². The van der Waals surface area contributed by atoms with Gasteiger partial charge in [0.1, 0.15) is 20.2 Å². The third-order valence-corrected chi connectivity index (χ3v) is 4.93. The molecule has 0 aliphatic heterocycles. The number of benzene rings is 3. The van der Waals surface area contributed by atoms with Gasteiger partial charge in [0.2, 0.25) is 0 Å². The summed E-state index contributed by atoms with van der Waals surface area (Å²) in [5, 5.41) is 0. The molecule has 3 rings (SSSR count). The van der Waals surface area contributed by atoms with Crippen LogP contribution in [0.4, 0.5) is 0 Å². The fourth-order valence-corrected chi connectivity index (χ4v) is 3.39. The van der Waals surface area contributed by atoms with Crippen molar-refractivity contribution in [3.05, 3.63) is 95.6 Å². The molecular weight excluding hydrogens is 353 g/mol. The Bertz CT molecular complexity index is 929. The smallest absolute Gasteiger partial charge is 0.119 e. The zero-order chi connectivity index (χ0) is 20.6. The molecule has 3 heteroatoms. The lowest BCUT2D eigenvalue weighted by Crippen LogP contribution is -2.19. The number of nitrogens with zero attached hydrogens (tertiary/aromatic N) is 1. The van der Waals surface area contributed by atoms with Crippen LogP contribution in [0.5, 0.6) is 5.75 Å². The Balaban J connectivity index is 2.01. The van der Waals surface area contributed by atoms with Crippen LogP contribution < -0.4 is 10.2 Å². The standard InChI is InChI=1S/C26H28BNO/c1-4-25(20-10-14-23(27)15-11-20)26(21-8-6-5-7-9-21)22-12-16-24(17-13-22)29-19-18-28(2)3/h5-17H,4,18-19H2,1-3H3/b26-25-. The summed E-state index contributed by atoms with van der Waals surface area (Å²) < 4.78 is 5.87. The van der Waals surface area contributed by atoms with Crippen LogP contribution in [0.1, 0.15) is 30.0 Å². The zero-order valence-electron chi connectivity index (χ0n) is 17.6. The molecule has 2 radical (unpaired) electrons. The van der Waals surface area contributed by atoms with Crippen LogP contribution in [-0.2, 0) is 0 Å². The molecular formula is C26H28BNO. The monoisotopic (exact) mass is 381 g/mol. The quantitative estimate of drug-likeness (QED) is 0.411. The molecule has 0 unspecified atom stereocenters. The molecule has 2 nitrogen and oxygen atoms in total. The van der Waals surface area contributed by atoms with Crippen molar-refractivity contribution in [2.75, 3.05) is 27.2 Å². The molecule has 0 aromatic heterocycles. The van der Waals surface area contributed by atoms with Crippen LogP contribution in [-0.4, -0.2) is 40.0 Å². The second-order valence-electron chi connectivity index (χ2n) is 7.37. The van der Waals surface area contributed by atoms with Crippen LogP contribution in [0.25, 0.3) is 11.1 Å². The molecule has 0 saturated carbocycles. The van der Waals surface area contributed by atoms with Crippen LogP contribution in [0.15, 0.2) is 78.9 Å². The molecule has 0 bridgehead atoms. The predicted octanol–water partition coefficient (Wildman–Crippen LogP) is 4.79. The Morgan fingerprint density at radius 2 is 1.38 bits per heavy atom. The van der Waals surface area contributed by atoms with Crippen molar-refractivity contribution in [1.82, 2.24) is 4.90 Å². The van der Waals surface area contributed by atoms with Gasteiger partial charge in [-0.05, 0) is 60.5 Å². The average molecular weight is 381 g/mol. The van der Waals surface area contributed by atoms with E-state index in [2.05, 4.69) is 78.6 Å². The number of allylic oxidation sites excluding steroid dienone is 1. The fraction of sp³-hybridized carbons (Fsp3) is 0.231. The van der Waals surface area contributed by atoms with Crippen LogP contribution in [0.2, 0.25) is 0 Å². The summed E-state index contributed by atoms with van der Waals surface area (Å²) in [5.41, 5.74) is 6.93. The summed E-state index contributed by atoms with van der Waals surface area (Å²) in [7, 11) is 10.0. The Morgan fingerprint density at radius 1 is 0.793 bits per heavy atom. The average Bonchev–Trinajstić information content (AvgIpc) is 2.74. The highest BCUT2D eigenvalue weighted by atomic mass is 16.5. The van der Waals surface area contributed by atoms with Crippen molar-refractivity contribution in [2.24, 2.45) is 0 Å². The first-order valence-corrected chi connectivity index (χ1v) is 10.1. The first-order chi connectivity index (χ1) is 14.1. The largest absolute Gasteiger partial charge is 0.492 e. The molecule has 29 heavy (non-hydrogen) atoms. The van der Waals surface area contributed by atoms with Crippen molar-refractivity contribution in [3.8, 4) is 5.75 Å². The van der Waals surface area contributed by atoms with E-state index in [1.54, 1.807) is 0 Å². The molecule has 0 fully saturated rings. The highest BCUT2D eigenvalue weighted by Crippen LogP contribution is 2.34. The predicted molar refractivity (Wildman–Crippen MR) is 125 cm³/mol. The number of hydrogen-bond acceptors (Lipinski definition) is 2. The first-order valence-electron chi connectivity index (χ1n) is 10.1. The Labute approximate surface area is 176 Å². The van der Waals surface area contributed by atoms with Crippen molar-refractivity contribution in [3.63, 3.8) is 0 Å². The molecule has 0 amide bonds. The Kier molecular flexibility index (Phi) is 7.32. The number of hydrogen-bond donors (Lipinski definition) is 0. The molecule has 0 atom stereocenters. The lowest BCUT2D eigenvalue weighted by molar-refractivity contribution is 0.261. The van der Waals surface area contributed by atoms with Gasteiger partial charge in [-0.2, -0.15) is 0 Å². The molecule has 3 aromatic rings. The van der Waals surface area contributed by atoms with E-state index in [0.717, 1.165) is 24.2 Å². The van der Waals surface area contributed by atoms with Gasteiger partial charge in [0.25, 0.3) is 0 Å². The van der Waals surface area contributed by atoms with Gasteiger partial charge in [-0.15, -0.1) is 0 Å². The normalized spacial score (nSPS) is 12.0. The molecule has 0 spiro atoms. The highest BCUT2D eigenvalue weighted by molar-refractivity contribution is 6.32. The number of rotatable bonds is 8. The van der Waals surface area contributed by atoms with Crippen LogP contribution in [0, 0.1) is 0 Å². The SMILES string of the molecule is [B]c1ccc(/C(CC)=C(/c2ccccc2)c2ccc(OCCN(C)C)cc2)cc1. The second-order valence-corrected chi connectivity index (χ2v) is 7.37. The summed E-state index contributed by atoms with van der Waals surface area (Å²) in [6.45, 7) is 3.78. The first kappa shape index (κ1) is 20.9. The van der Waals surface area contributed by atoms with E-state index >= 15 is 0 Å². The fourth-order valence-electron chi connectivity index (χ4n) is 3.39. The molecule has 3 aromatic carbocycles. The topological polar surface area (TPSA) is 12.5 Å². The second kappa shape index (κ2) is 10.1. The minimum atomic E-state index is 0.680. The summed E-state index contributed by atoms with van der Waals surface area (Å²) >= 11 is 0. The maximum absolute atomic E-state index is 5.91. The minimum Gasteiger partial charge on any atom is -0.492 e. The van der Waals surface area contributed by atoms with E-state index in [9.17, 15) is 0 Å². The summed E-state index contributed by atoms with van der Waals surface area (Å²) in [6.07, 6.45) is 0.926. The lowest BCUT2D eigenvalue weighted by atomic mass is 9.86. The molecule has 0 N–H and O–H groups in total. The Hall–Kier alpha value is -2.78. The minimum absolute atomic E-state index is 0.680. The van der Waals surface area contributed by atoms with E-state index in [4.69, 9.17) is 12.6 Å². The summed E-state index contributed by atoms with van der Waals surface area (Å²) in [4.78, 5) is 2.12. The Morgan fingerprint density at radius 3 is 1.97 bits per heavy atom. The van der Waals surface area contributed by atoms with Crippen molar-refractivity contribution >= 4 is 24.5 Å². The lowest BCUT2D eigenvalue weighted by Gasteiger charge is -2.17. The van der Waals surface area contributed by atoms with Gasteiger partial charge in [-0.25, -0.2) is 0 Å². The van der Waals surface area contributed by atoms with E-state index < -0.39 is 0 Å². The van der Waals surface area contributed by atoms with Crippen molar-refractivity contribution in [1.29, 1.82) is 0 Å². The van der Waals surface area contributed by atoms with E-state index in [-0.39, 0.29) is 0 Å². The maximum Gasteiger partial charge on any atom is 0.119 e. The summed E-state index contributed by atoms with van der Waals surface area (Å²) in [6, 6.07) is 27.1. The van der Waals surface area contributed by atoms with Crippen LogP contribution in [0.3, 0.4) is 0 Å². The summed E-state index contributed by atoms with van der Waals surface area (Å²) in [5.74, 6) is 0.897. The van der Waals surface area contributed by atoms with Gasteiger partial charge in [0, 0.05) is 6.54 Å². The number of ether oxygens (including phenoxy) is 1. The third kappa shape index (κ3) is 5.62. The van der Waals surface area contributed by atoms with Crippen molar-refractivity contribution in [2.45, 2.75) is 13.3 Å². The van der Waals surface area contributed by atoms with Crippen LogP contribution >= 0.6 is 0 Å². The van der Waals surface area contributed by atoms with Gasteiger partial charge >= 0.3 is 0 Å². The van der Waals surface area contributed by atoms with E-state index in [1.165, 1.54) is 27.8 Å². The molecule has 0 heterocycles. The van der Waals surface area contributed by atoms with E-state index in [1.807, 2.05) is 26.2 Å². The van der Waals surface area contributed by atoms with Crippen molar-refractivity contribution < 1.29 is 4.74 Å². The van der Waals surface area contributed by atoms with Gasteiger partial charge in [0.15, 0.2) is 0 Å². The number of likely N-dealkylation sites (N-methyl/N-ethyl adjacent to an activating group) is 1. The third-order valence-electron chi connectivity index (χ3n) is 4.93. The maximum atomic E-state index is 5.91. The molecule has 0 aliphatic carbocycles. The molecule has 0 aliphatic rings. The van der Waals surface area contributed by atoms with Gasteiger partial charge < -0.3 is 9.64 Å². The molecule has 146 valence electrons. The van der Waals surface area contributed by atoms with Gasteiger partial charge in [0.05, 0.1) is 0 Å². The highest BCUT2D eigenvalue weighted by Gasteiger charge is 2.13. The molecule has 0 saturated heterocycles. The zero-order valence-corrected chi connectivity index (χ0v) is 17.6. The van der Waals surface area contributed by atoms with Gasteiger partial charge in [-0.1, -0.05) is 79.1 Å².